The van der Waals surface area contributed by atoms with Crippen LogP contribution in [-0.4, -0.2) is 10.8 Å². The maximum atomic E-state index is 12.6. The van der Waals surface area contributed by atoms with E-state index in [2.05, 4.69) is 15.9 Å². The first-order valence-electron chi connectivity index (χ1n) is 8.19. The van der Waals surface area contributed by atoms with E-state index >= 15 is 0 Å². The number of benzene rings is 3. The van der Waals surface area contributed by atoms with Crippen molar-refractivity contribution in [1.29, 1.82) is 0 Å². The van der Waals surface area contributed by atoms with Crippen molar-refractivity contribution in [3.8, 4) is 11.5 Å². The van der Waals surface area contributed by atoms with Crippen LogP contribution in [0.5, 0.6) is 11.5 Å². The predicted octanol–water partition coefficient (Wildman–Crippen LogP) is 6.05. The molecule has 5 heteroatoms. The number of ether oxygens (including phenoxy) is 1. The normalized spacial score (nSPS) is 13.0. The van der Waals surface area contributed by atoms with Crippen molar-refractivity contribution >= 4 is 33.4 Å². The molecular weight excluding hydrogens is 414 g/mol. The van der Waals surface area contributed by atoms with Gasteiger partial charge in [0, 0.05) is 17.6 Å². The summed E-state index contributed by atoms with van der Waals surface area (Å²) in [5, 5.41) is 0.494. The number of carbonyl (C=O) groups is 1. The Kier molecular flexibility index (Phi) is 4.70. The highest BCUT2D eigenvalue weighted by atomic mass is 79.9. The Labute approximate surface area is 165 Å². The van der Waals surface area contributed by atoms with Gasteiger partial charge in [0.15, 0.2) is 0 Å². The summed E-state index contributed by atoms with van der Waals surface area (Å²) in [4.78, 5) is 14.4. The van der Waals surface area contributed by atoms with Crippen molar-refractivity contribution in [3.05, 3.63) is 92.9 Å². The fraction of sp³-hybridized carbons (Fsp3) is 0.0952. The van der Waals surface area contributed by atoms with Gasteiger partial charge in [0.2, 0.25) is 0 Å². The minimum atomic E-state index is -0.0258. The highest BCUT2D eigenvalue weighted by Crippen LogP contribution is 2.33. The molecule has 0 atom stereocenters. The zero-order chi connectivity index (χ0) is 18.1. The van der Waals surface area contributed by atoms with E-state index < -0.39 is 0 Å². The molecule has 3 aromatic carbocycles. The van der Waals surface area contributed by atoms with Crippen LogP contribution < -0.4 is 4.74 Å². The molecule has 1 aliphatic rings. The lowest BCUT2D eigenvalue weighted by atomic mass is 10.1. The third kappa shape index (κ3) is 3.48. The number of hydrogen-bond donors (Lipinski definition) is 0. The fourth-order valence-electron chi connectivity index (χ4n) is 3.06. The van der Waals surface area contributed by atoms with Crippen molar-refractivity contribution in [2.75, 3.05) is 0 Å². The molecule has 1 amide bonds. The third-order valence-electron chi connectivity index (χ3n) is 4.27. The van der Waals surface area contributed by atoms with Crippen LogP contribution in [0.3, 0.4) is 0 Å². The van der Waals surface area contributed by atoms with Gasteiger partial charge in [-0.05, 0) is 47.5 Å². The number of amides is 1. The van der Waals surface area contributed by atoms with Crippen LogP contribution >= 0.6 is 27.5 Å². The van der Waals surface area contributed by atoms with Crippen LogP contribution in [0.2, 0.25) is 5.02 Å². The van der Waals surface area contributed by atoms with Crippen LogP contribution in [0.4, 0.5) is 0 Å². The van der Waals surface area contributed by atoms with E-state index in [0.29, 0.717) is 23.7 Å². The number of carbonyl (C=O) groups excluding carboxylic acids is 1. The summed E-state index contributed by atoms with van der Waals surface area (Å²) >= 11 is 9.67. The van der Waals surface area contributed by atoms with Crippen LogP contribution in [0.1, 0.15) is 21.5 Å². The Hall–Kier alpha value is -2.30. The van der Waals surface area contributed by atoms with Gasteiger partial charge in [-0.2, -0.15) is 0 Å². The van der Waals surface area contributed by atoms with Crippen molar-refractivity contribution in [3.63, 3.8) is 0 Å². The Bertz CT molecular complexity index is 958. The highest BCUT2D eigenvalue weighted by molar-refractivity contribution is 9.10. The number of rotatable bonds is 4. The highest BCUT2D eigenvalue weighted by Gasteiger charge is 2.30. The minimum Gasteiger partial charge on any atom is -0.457 e. The molecule has 0 unspecified atom stereocenters. The summed E-state index contributed by atoms with van der Waals surface area (Å²) in [6.45, 7) is 1.10. The maximum Gasteiger partial charge on any atom is 0.256 e. The molecule has 3 nitrogen and oxygen atoms in total. The molecule has 0 aromatic heterocycles. The second-order valence-electron chi connectivity index (χ2n) is 6.14. The molecule has 0 radical (unpaired) electrons. The molecule has 0 fully saturated rings. The number of halogens is 2. The molecule has 0 saturated carbocycles. The van der Waals surface area contributed by atoms with Crippen LogP contribution in [0.25, 0.3) is 0 Å². The van der Waals surface area contributed by atoms with Gasteiger partial charge in [-0.3, -0.25) is 4.79 Å². The number of para-hydroxylation sites is 1. The van der Waals surface area contributed by atoms with Gasteiger partial charge in [0.05, 0.1) is 10.6 Å². The zero-order valence-electron chi connectivity index (χ0n) is 13.8. The Morgan fingerprint density at radius 3 is 2.42 bits per heavy atom. The molecule has 0 spiro atoms. The molecule has 26 heavy (non-hydrogen) atoms. The number of fused-ring (bicyclic) bond motifs is 1. The van der Waals surface area contributed by atoms with Crippen LogP contribution in [-0.2, 0) is 13.1 Å². The number of hydrogen-bond acceptors (Lipinski definition) is 2. The molecule has 1 aliphatic heterocycles. The van der Waals surface area contributed by atoms with Gasteiger partial charge >= 0.3 is 0 Å². The first-order valence-corrected chi connectivity index (χ1v) is 9.36. The summed E-state index contributed by atoms with van der Waals surface area (Å²) in [5.41, 5.74) is 2.61. The molecule has 0 saturated heterocycles. The van der Waals surface area contributed by atoms with E-state index in [1.54, 1.807) is 11.0 Å². The van der Waals surface area contributed by atoms with E-state index in [9.17, 15) is 4.79 Å². The van der Waals surface area contributed by atoms with E-state index in [1.165, 1.54) is 0 Å². The summed E-state index contributed by atoms with van der Waals surface area (Å²) in [7, 11) is 0. The van der Waals surface area contributed by atoms with Gasteiger partial charge in [0.1, 0.15) is 11.5 Å². The van der Waals surface area contributed by atoms with E-state index in [-0.39, 0.29) is 5.91 Å². The van der Waals surface area contributed by atoms with Crippen LogP contribution in [0.15, 0.2) is 71.2 Å². The molecule has 3 aromatic rings. The van der Waals surface area contributed by atoms with Crippen LogP contribution in [0, 0.1) is 0 Å². The molecule has 0 bridgehead atoms. The van der Waals surface area contributed by atoms with Gasteiger partial charge in [-0.1, -0.05) is 57.9 Å². The number of nitrogens with zero attached hydrogens (tertiary/aromatic N) is 1. The lowest BCUT2D eigenvalue weighted by molar-refractivity contribution is 0.0767. The molecule has 0 aliphatic carbocycles. The quantitative estimate of drug-likeness (QED) is 0.506. The molecule has 130 valence electrons. The van der Waals surface area contributed by atoms with Gasteiger partial charge < -0.3 is 9.64 Å². The molecular formula is C21H15BrClNO2. The summed E-state index contributed by atoms with van der Waals surface area (Å²) < 4.78 is 6.69. The van der Waals surface area contributed by atoms with Gasteiger partial charge in [0.25, 0.3) is 5.91 Å². The molecule has 1 heterocycles. The van der Waals surface area contributed by atoms with Crippen molar-refractivity contribution in [2.45, 2.75) is 13.1 Å². The topological polar surface area (TPSA) is 29.5 Å². The fourth-order valence-corrected chi connectivity index (χ4v) is 4.02. The molecule has 4 rings (SSSR count). The first kappa shape index (κ1) is 17.1. The van der Waals surface area contributed by atoms with E-state index in [1.807, 2.05) is 60.7 Å². The molecule has 0 N–H and O–H groups in total. The average Bonchev–Trinajstić information content (AvgIpc) is 2.93. The van der Waals surface area contributed by atoms with Gasteiger partial charge in [-0.25, -0.2) is 0 Å². The Balaban J connectivity index is 1.47. The van der Waals surface area contributed by atoms with Crippen molar-refractivity contribution < 1.29 is 9.53 Å². The largest absolute Gasteiger partial charge is 0.457 e. The standard InChI is InChI=1S/C21H15BrClNO2/c22-16-10-15-13-24(21(25)20(15)19(23)11-16)12-14-6-8-18(9-7-14)26-17-4-2-1-3-5-17/h1-11H,12-13H2. The van der Waals surface area contributed by atoms with E-state index in [0.717, 1.165) is 27.1 Å². The second-order valence-corrected chi connectivity index (χ2v) is 7.46. The SMILES string of the molecule is O=C1c2c(Cl)cc(Br)cc2CN1Cc1ccc(Oc2ccccc2)cc1. The first-order chi connectivity index (χ1) is 12.6. The lowest BCUT2D eigenvalue weighted by Crippen LogP contribution is -2.23. The van der Waals surface area contributed by atoms with E-state index in [4.69, 9.17) is 16.3 Å². The summed E-state index contributed by atoms with van der Waals surface area (Å²) in [6, 6.07) is 21.1. The smallest absolute Gasteiger partial charge is 0.256 e. The van der Waals surface area contributed by atoms with Gasteiger partial charge in [-0.15, -0.1) is 0 Å². The average molecular weight is 429 g/mol. The zero-order valence-corrected chi connectivity index (χ0v) is 16.1. The summed E-state index contributed by atoms with van der Waals surface area (Å²) in [5.74, 6) is 1.54. The van der Waals surface area contributed by atoms with Crippen molar-refractivity contribution in [1.82, 2.24) is 4.90 Å². The maximum absolute atomic E-state index is 12.6. The predicted molar refractivity (Wildman–Crippen MR) is 106 cm³/mol. The monoisotopic (exact) mass is 427 g/mol. The summed E-state index contributed by atoms with van der Waals surface area (Å²) in [6.07, 6.45) is 0. The minimum absolute atomic E-state index is 0.0258. The lowest BCUT2D eigenvalue weighted by Gasteiger charge is -2.16. The second kappa shape index (κ2) is 7.14. The third-order valence-corrected chi connectivity index (χ3v) is 5.03. The Morgan fingerprint density at radius 1 is 1.00 bits per heavy atom. The van der Waals surface area contributed by atoms with Crippen molar-refractivity contribution in [2.24, 2.45) is 0 Å². The Morgan fingerprint density at radius 2 is 1.69 bits per heavy atom.